The second-order valence-electron chi connectivity index (χ2n) is 7.31. The summed E-state index contributed by atoms with van der Waals surface area (Å²) in [5, 5.41) is 9.81. The number of nitrogens with zero attached hydrogens (tertiary/aromatic N) is 2. The molecule has 138 valence electrons. The monoisotopic (exact) mass is 346 g/mol. The first-order valence-electron chi connectivity index (χ1n) is 9.48. The molecule has 1 aliphatic heterocycles. The number of amides is 1. The molecule has 5 heteroatoms. The van der Waals surface area contributed by atoms with Gasteiger partial charge in [-0.25, -0.2) is 0 Å². The molecule has 1 N–H and O–H groups in total. The molecule has 1 aromatic rings. The molecule has 0 aromatic heterocycles. The molecule has 1 aromatic carbocycles. The Labute approximate surface area is 150 Å². The molecule has 1 aliphatic carbocycles. The Balaban J connectivity index is 1.69. The van der Waals surface area contributed by atoms with E-state index in [0.717, 1.165) is 63.9 Å². The van der Waals surface area contributed by atoms with Crippen molar-refractivity contribution in [2.75, 3.05) is 26.7 Å². The van der Waals surface area contributed by atoms with Crippen LogP contribution in [-0.2, 0) is 11.3 Å². The molecule has 5 nitrogen and oxygen atoms in total. The third-order valence-corrected chi connectivity index (χ3v) is 5.50. The average Bonchev–Trinajstić information content (AvgIpc) is 3.17. The largest absolute Gasteiger partial charge is 0.497 e. The number of ether oxygens (including phenoxy) is 1. The van der Waals surface area contributed by atoms with E-state index in [4.69, 9.17) is 4.74 Å². The molecule has 25 heavy (non-hydrogen) atoms. The Morgan fingerprint density at radius 2 is 1.96 bits per heavy atom. The van der Waals surface area contributed by atoms with Gasteiger partial charge in [0.15, 0.2) is 0 Å². The minimum atomic E-state index is -0.177. The summed E-state index contributed by atoms with van der Waals surface area (Å²) < 4.78 is 5.33. The average molecular weight is 346 g/mol. The zero-order valence-corrected chi connectivity index (χ0v) is 15.2. The number of methoxy groups -OCH3 is 1. The van der Waals surface area contributed by atoms with E-state index in [1.54, 1.807) is 7.11 Å². The van der Waals surface area contributed by atoms with Crippen LogP contribution in [0.5, 0.6) is 5.75 Å². The SMILES string of the molecule is COc1cccc(CN(CC(=O)N2CCCC2)C2CCC(O)CC2)c1. The van der Waals surface area contributed by atoms with E-state index < -0.39 is 0 Å². The van der Waals surface area contributed by atoms with Crippen molar-refractivity contribution in [1.29, 1.82) is 0 Å². The van der Waals surface area contributed by atoms with E-state index in [1.807, 2.05) is 23.1 Å². The van der Waals surface area contributed by atoms with Crippen molar-refractivity contribution >= 4 is 5.91 Å². The molecule has 0 atom stereocenters. The maximum Gasteiger partial charge on any atom is 0.236 e. The molecular weight excluding hydrogens is 316 g/mol. The summed E-state index contributed by atoms with van der Waals surface area (Å²) in [6.07, 6.45) is 5.64. The van der Waals surface area contributed by atoms with Crippen LogP contribution in [-0.4, -0.2) is 59.7 Å². The van der Waals surface area contributed by atoms with Crippen LogP contribution >= 0.6 is 0 Å². The predicted molar refractivity (Wildman–Crippen MR) is 97.5 cm³/mol. The van der Waals surface area contributed by atoms with Gasteiger partial charge in [0, 0.05) is 25.7 Å². The first-order chi connectivity index (χ1) is 12.2. The van der Waals surface area contributed by atoms with Gasteiger partial charge < -0.3 is 14.7 Å². The molecule has 1 heterocycles. The molecule has 2 fully saturated rings. The fourth-order valence-electron chi connectivity index (χ4n) is 3.98. The van der Waals surface area contributed by atoms with Gasteiger partial charge in [0.05, 0.1) is 19.8 Å². The number of hydrogen-bond acceptors (Lipinski definition) is 4. The number of aliphatic hydroxyl groups is 1. The fourth-order valence-corrected chi connectivity index (χ4v) is 3.98. The van der Waals surface area contributed by atoms with Crippen molar-refractivity contribution in [1.82, 2.24) is 9.80 Å². The molecule has 1 amide bonds. The van der Waals surface area contributed by atoms with Crippen molar-refractivity contribution in [3.05, 3.63) is 29.8 Å². The van der Waals surface area contributed by atoms with E-state index in [1.165, 1.54) is 5.56 Å². The van der Waals surface area contributed by atoms with E-state index in [2.05, 4.69) is 11.0 Å². The second kappa shape index (κ2) is 8.68. The predicted octanol–water partition coefficient (Wildman–Crippen LogP) is 2.42. The van der Waals surface area contributed by atoms with E-state index >= 15 is 0 Å². The van der Waals surface area contributed by atoms with E-state index in [9.17, 15) is 9.90 Å². The number of likely N-dealkylation sites (tertiary alicyclic amines) is 1. The first-order valence-corrected chi connectivity index (χ1v) is 9.48. The highest BCUT2D eigenvalue weighted by Gasteiger charge is 2.28. The quantitative estimate of drug-likeness (QED) is 0.859. The standard InChI is InChI=1S/C20H30N2O3/c1-25-19-6-4-5-16(13-19)14-22(17-7-9-18(23)10-8-17)15-20(24)21-11-2-3-12-21/h4-6,13,17-18,23H,2-3,7-12,14-15H2,1H3. The lowest BCUT2D eigenvalue weighted by Gasteiger charge is -2.36. The molecule has 1 saturated carbocycles. The van der Waals surface area contributed by atoms with Gasteiger partial charge in [0.2, 0.25) is 5.91 Å². The topological polar surface area (TPSA) is 53.0 Å². The van der Waals surface area contributed by atoms with Crippen molar-refractivity contribution < 1.29 is 14.6 Å². The van der Waals surface area contributed by atoms with Gasteiger partial charge in [-0.15, -0.1) is 0 Å². The molecule has 0 unspecified atom stereocenters. The Morgan fingerprint density at radius 3 is 2.64 bits per heavy atom. The minimum Gasteiger partial charge on any atom is -0.497 e. The smallest absolute Gasteiger partial charge is 0.236 e. The van der Waals surface area contributed by atoms with Crippen LogP contribution in [0.15, 0.2) is 24.3 Å². The number of carbonyl (C=O) groups is 1. The Kier molecular flexibility index (Phi) is 6.32. The van der Waals surface area contributed by atoms with Gasteiger partial charge in [-0.2, -0.15) is 0 Å². The lowest BCUT2D eigenvalue weighted by Crippen LogP contribution is -2.45. The maximum atomic E-state index is 12.7. The summed E-state index contributed by atoms with van der Waals surface area (Å²) in [5.74, 6) is 1.09. The van der Waals surface area contributed by atoms with E-state index in [-0.39, 0.29) is 12.0 Å². The normalized spacial score (nSPS) is 23.9. The van der Waals surface area contributed by atoms with Gasteiger partial charge in [-0.1, -0.05) is 12.1 Å². The highest BCUT2D eigenvalue weighted by molar-refractivity contribution is 5.78. The highest BCUT2D eigenvalue weighted by Crippen LogP contribution is 2.25. The minimum absolute atomic E-state index is 0.177. The third kappa shape index (κ3) is 4.95. The van der Waals surface area contributed by atoms with Crippen LogP contribution < -0.4 is 4.74 Å². The van der Waals surface area contributed by atoms with Crippen LogP contribution in [0.25, 0.3) is 0 Å². The molecule has 1 saturated heterocycles. The number of carbonyl (C=O) groups excluding carboxylic acids is 1. The summed E-state index contributed by atoms with van der Waals surface area (Å²) >= 11 is 0. The summed E-state index contributed by atoms with van der Waals surface area (Å²) in [6, 6.07) is 8.44. The first kappa shape index (κ1) is 18.2. The molecule has 0 bridgehead atoms. The van der Waals surface area contributed by atoms with Crippen molar-refractivity contribution in [2.24, 2.45) is 0 Å². The highest BCUT2D eigenvalue weighted by atomic mass is 16.5. The van der Waals surface area contributed by atoms with E-state index in [0.29, 0.717) is 12.6 Å². The van der Waals surface area contributed by atoms with Crippen LogP contribution in [0.2, 0.25) is 0 Å². The summed E-state index contributed by atoms with van der Waals surface area (Å²) in [4.78, 5) is 17.0. The zero-order chi connectivity index (χ0) is 17.6. The maximum absolute atomic E-state index is 12.7. The summed E-state index contributed by atoms with van der Waals surface area (Å²) in [7, 11) is 1.68. The molecule has 3 rings (SSSR count). The van der Waals surface area contributed by atoms with Crippen LogP contribution in [0.1, 0.15) is 44.1 Å². The van der Waals surface area contributed by atoms with Crippen molar-refractivity contribution in [3.8, 4) is 5.75 Å². The van der Waals surface area contributed by atoms with Gasteiger partial charge in [-0.05, 0) is 56.2 Å². The van der Waals surface area contributed by atoms with Crippen LogP contribution in [0.3, 0.4) is 0 Å². The number of aliphatic hydroxyl groups excluding tert-OH is 1. The lowest BCUT2D eigenvalue weighted by atomic mass is 9.91. The van der Waals surface area contributed by atoms with Gasteiger partial charge in [0.1, 0.15) is 5.75 Å². The number of benzene rings is 1. The number of hydrogen-bond donors (Lipinski definition) is 1. The fraction of sp³-hybridized carbons (Fsp3) is 0.650. The van der Waals surface area contributed by atoms with Crippen molar-refractivity contribution in [3.63, 3.8) is 0 Å². The summed E-state index contributed by atoms with van der Waals surface area (Å²) in [6.45, 7) is 3.01. The second-order valence-corrected chi connectivity index (χ2v) is 7.31. The molecular formula is C20H30N2O3. The van der Waals surface area contributed by atoms with Crippen LogP contribution in [0, 0.1) is 0 Å². The van der Waals surface area contributed by atoms with Gasteiger partial charge in [-0.3, -0.25) is 9.69 Å². The van der Waals surface area contributed by atoms with Gasteiger partial charge in [0.25, 0.3) is 0 Å². The Hall–Kier alpha value is -1.59. The molecule has 2 aliphatic rings. The molecule has 0 spiro atoms. The van der Waals surface area contributed by atoms with Crippen molar-refractivity contribution in [2.45, 2.75) is 57.2 Å². The Morgan fingerprint density at radius 1 is 1.24 bits per heavy atom. The zero-order valence-electron chi connectivity index (χ0n) is 15.2. The Bertz CT molecular complexity index is 564. The lowest BCUT2D eigenvalue weighted by molar-refractivity contribution is -0.132. The van der Waals surface area contributed by atoms with Gasteiger partial charge >= 0.3 is 0 Å². The number of rotatable bonds is 6. The third-order valence-electron chi connectivity index (χ3n) is 5.50. The summed E-state index contributed by atoms with van der Waals surface area (Å²) in [5.41, 5.74) is 1.17. The van der Waals surface area contributed by atoms with Crippen LogP contribution in [0.4, 0.5) is 0 Å². The molecule has 0 radical (unpaired) electrons.